The van der Waals surface area contributed by atoms with Gasteiger partial charge in [-0.3, -0.25) is 9.59 Å². The quantitative estimate of drug-likeness (QED) is 0.464. The van der Waals surface area contributed by atoms with Gasteiger partial charge < -0.3 is 25.4 Å². The summed E-state index contributed by atoms with van der Waals surface area (Å²) < 4.78 is 12.5. The first-order valence-corrected chi connectivity index (χ1v) is 13.3. The predicted molar refractivity (Wildman–Crippen MR) is 139 cm³/mol. The summed E-state index contributed by atoms with van der Waals surface area (Å²) in [4.78, 5) is 37.1. The van der Waals surface area contributed by atoms with E-state index in [1.807, 2.05) is 33.8 Å². The minimum atomic E-state index is -0.593. The van der Waals surface area contributed by atoms with Crippen LogP contribution in [0.2, 0.25) is 0 Å². The highest BCUT2D eigenvalue weighted by atomic mass is 16.5. The van der Waals surface area contributed by atoms with Crippen LogP contribution in [0, 0.1) is 23.7 Å². The highest BCUT2D eigenvalue weighted by molar-refractivity contribution is 5.96. The molecule has 204 valence electrons. The van der Waals surface area contributed by atoms with E-state index in [0.717, 1.165) is 32.1 Å². The van der Waals surface area contributed by atoms with Crippen molar-refractivity contribution in [2.24, 2.45) is 23.7 Å². The summed E-state index contributed by atoms with van der Waals surface area (Å²) in [5.74, 6) is 1.49. The number of hydrogen-bond acceptors (Lipinski definition) is 6. The Balaban J connectivity index is 1.51. The lowest BCUT2D eigenvalue weighted by Crippen LogP contribution is -2.66. The predicted octanol–water partition coefficient (Wildman–Crippen LogP) is 3.34. The van der Waals surface area contributed by atoms with Gasteiger partial charge in [0.25, 0.3) is 5.91 Å². The Hall–Kier alpha value is -3.04. The molecule has 0 spiro atoms. The monoisotopic (exact) mass is 515 g/mol. The Morgan fingerprint density at radius 1 is 1.22 bits per heavy atom. The summed E-state index contributed by atoms with van der Waals surface area (Å²) in [5.41, 5.74) is -0.435. The van der Waals surface area contributed by atoms with Gasteiger partial charge in [0.15, 0.2) is 0 Å². The molecule has 0 saturated heterocycles. The molecule has 10 nitrogen and oxygen atoms in total. The second-order valence-electron chi connectivity index (χ2n) is 12.1. The molecule has 1 aromatic rings. The molecule has 3 amide bonds. The van der Waals surface area contributed by atoms with Crippen LogP contribution in [-0.2, 0) is 9.53 Å². The van der Waals surface area contributed by atoms with Crippen LogP contribution in [0.1, 0.15) is 77.1 Å². The van der Waals surface area contributed by atoms with Gasteiger partial charge in [-0.2, -0.15) is 5.10 Å². The maximum Gasteiger partial charge on any atom is 0.407 e. The summed E-state index contributed by atoms with van der Waals surface area (Å²) in [6.07, 6.45) is 9.48. The Morgan fingerprint density at radius 2 is 1.89 bits per heavy atom. The van der Waals surface area contributed by atoms with Crippen molar-refractivity contribution in [2.75, 3.05) is 13.7 Å². The van der Waals surface area contributed by atoms with Crippen molar-refractivity contribution in [3.05, 3.63) is 17.8 Å². The van der Waals surface area contributed by atoms with Crippen molar-refractivity contribution in [2.45, 2.75) is 83.8 Å². The van der Waals surface area contributed by atoms with Gasteiger partial charge in [0, 0.05) is 24.7 Å². The third-order valence-corrected chi connectivity index (χ3v) is 7.80. The van der Waals surface area contributed by atoms with E-state index in [9.17, 15) is 14.4 Å². The van der Waals surface area contributed by atoms with Gasteiger partial charge >= 0.3 is 6.09 Å². The van der Waals surface area contributed by atoms with Crippen molar-refractivity contribution in [3.8, 4) is 5.88 Å². The molecule has 4 saturated carbocycles. The van der Waals surface area contributed by atoms with Gasteiger partial charge in [-0.15, -0.1) is 0 Å². The van der Waals surface area contributed by atoms with E-state index in [-0.39, 0.29) is 35.4 Å². The number of alkyl carbamates (subject to hydrolysis) is 1. The van der Waals surface area contributed by atoms with Gasteiger partial charge in [0.2, 0.25) is 11.8 Å². The van der Waals surface area contributed by atoms with Crippen LogP contribution < -0.4 is 20.7 Å². The Kier molecular flexibility index (Phi) is 7.57. The molecule has 0 radical (unpaired) electrons. The molecular weight excluding hydrogens is 474 g/mol. The third-order valence-electron chi connectivity index (χ3n) is 7.80. The number of nitrogens with zero attached hydrogens (tertiary/aromatic N) is 2. The molecular formula is C27H41N5O5. The van der Waals surface area contributed by atoms with Gasteiger partial charge in [-0.1, -0.05) is 13.8 Å². The summed E-state index contributed by atoms with van der Waals surface area (Å²) in [7, 11) is 1.40. The summed E-state index contributed by atoms with van der Waals surface area (Å²) in [6, 6.07) is 0.0483. The average Bonchev–Trinajstić information content (AvgIpc) is 3.20. The lowest BCUT2D eigenvalue weighted by molar-refractivity contribution is -0.120. The van der Waals surface area contributed by atoms with Crippen LogP contribution in [0.3, 0.4) is 0 Å². The fraction of sp³-hybridized carbons (Fsp3) is 0.704. The van der Waals surface area contributed by atoms with E-state index in [0.29, 0.717) is 35.8 Å². The highest BCUT2D eigenvalue weighted by Crippen LogP contribution is 2.55. The van der Waals surface area contributed by atoms with E-state index in [1.54, 1.807) is 10.9 Å². The molecule has 4 fully saturated rings. The number of carbonyl (C=O) groups is 3. The number of aromatic nitrogens is 2. The molecule has 2 atom stereocenters. The fourth-order valence-electron chi connectivity index (χ4n) is 6.66. The Bertz CT molecular complexity index is 1050. The molecule has 1 heterocycles. The molecule has 2 unspecified atom stereocenters. The fourth-order valence-corrected chi connectivity index (χ4v) is 6.66. The molecule has 4 aliphatic rings. The zero-order valence-corrected chi connectivity index (χ0v) is 22.8. The molecule has 4 aliphatic carbocycles. The largest absolute Gasteiger partial charge is 0.477 e. The lowest BCUT2D eigenvalue weighted by atomic mass is 9.51. The van der Waals surface area contributed by atoms with Crippen molar-refractivity contribution in [3.63, 3.8) is 0 Å². The van der Waals surface area contributed by atoms with Gasteiger partial charge in [0.1, 0.15) is 5.56 Å². The van der Waals surface area contributed by atoms with Crippen LogP contribution in [0.5, 0.6) is 5.88 Å². The van der Waals surface area contributed by atoms with Crippen LogP contribution in [0.15, 0.2) is 12.3 Å². The SMILES string of the molecule is COC(=O)NC12CC3CC(C1)C(NC(=O)c1cnn(/C=C/C(C)(C)NC(C)=O)c1OCC(C)C)C(C3)C2. The first kappa shape index (κ1) is 27.0. The lowest BCUT2D eigenvalue weighted by Gasteiger charge is -2.59. The molecule has 4 bridgehead atoms. The number of ether oxygens (including phenoxy) is 2. The van der Waals surface area contributed by atoms with Crippen LogP contribution >= 0.6 is 0 Å². The van der Waals surface area contributed by atoms with E-state index >= 15 is 0 Å². The summed E-state index contributed by atoms with van der Waals surface area (Å²) in [5, 5.41) is 13.7. The van der Waals surface area contributed by atoms with Gasteiger partial charge in [0.05, 0.1) is 25.5 Å². The standard InChI is InChI=1S/C27H41N5O5/c1-16(2)15-37-24-21(14-28-32(24)8-7-26(4,5)30-17(3)33)23(34)29-22-19-9-18-10-20(22)13-27(11-18,12-19)31-25(35)36-6/h7-8,14,16,18-20,22H,9-13,15H2,1-6H3,(H,29,34)(H,30,33)(H,31,35)/b8-7+. The second kappa shape index (κ2) is 10.4. The number of amides is 3. The topological polar surface area (TPSA) is 124 Å². The summed E-state index contributed by atoms with van der Waals surface area (Å²) >= 11 is 0. The highest BCUT2D eigenvalue weighted by Gasteiger charge is 2.56. The number of rotatable bonds is 9. The molecule has 1 aromatic heterocycles. The average molecular weight is 516 g/mol. The van der Waals surface area contributed by atoms with Gasteiger partial charge in [-0.05, 0) is 75.7 Å². The minimum absolute atomic E-state index is 0.0483. The molecule has 37 heavy (non-hydrogen) atoms. The summed E-state index contributed by atoms with van der Waals surface area (Å²) in [6.45, 7) is 9.76. The molecule has 3 N–H and O–H groups in total. The Morgan fingerprint density at radius 3 is 2.49 bits per heavy atom. The van der Waals surface area contributed by atoms with Crippen LogP contribution in [0.4, 0.5) is 4.79 Å². The zero-order valence-electron chi connectivity index (χ0n) is 22.8. The number of methoxy groups -OCH3 is 1. The number of carbonyl (C=O) groups excluding carboxylic acids is 3. The van der Waals surface area contributed by atoms with Crippen LogP contribution in [0.25, 0.3) is 6.20 Å². The van der Waals surface area contributed by atoms with Crippen molar-refractivity contribution in [1.29, 1.82) is 0 Å². The van der Waals surface area contributed by atoms with Crippen molar-refractivity contribution >= 4 is 24.1 Å². The third kappa shape index (κ3) is 6.10. The van der Waals surface area contributed by atoms with Crippen molar-refractivity contribution in [1.82, 2.24) is 25.7 Å². The second-order valence-corrected chi connectivity index (χ2v) is 12.1. The number of nitrogens with one attached hydrogen (secondary N) is 3. The van der Waals surface area contributed by atoms with Crippen LogP contribution in [-0.4, -0.2) is 58.5 Å². The first-order chi connectivity index (χ1) is 17.4. The molecule has 0 aliphatic heterocycles. The molecule has 5 rings (SSSR count). The maximum absolute atomic E-state index is 13.6. The van der Waals surface area contributed by atoms with E-state index in [1.165, 1.54) is 20.2 Å². The molecule has 0 aromatic carbocycles. The number of hydrogen-bond donors (Lipinski definition) is 3. The smallest absolute Gasteiger partial charge is 0.407 e. The first-order valence-electron chi connectivity index (χ1n) is 13.3. The van der Waals surface area contributed by atoms with Gasteiger partial charge in [-0.25, -0.2) is 9.48 Å². The Labute approximate surface area is 218 Å². The maximum atomic E-state index is 13.6. The van der Waals surface area contributed by atoms with Crippen molar-refractivity contribution < 1.29 is 23.9 Å². The normalized spacial score (nSPS) is 28.4. The van der Waals surface area contributed by atoms with E-state index in [4.69, 9.17) is 9.47 Å². The minimum Gasteiger partial charge on any atom is -0.477 e. The van der Waals surface area contributed by atoms with E-state index in [2.05, 4.69) is 21.0 Å². The zero-order chi connectivity index (χ0) is 27.0. The molecule has 10 heteroatoms. The van der Waals surface area contributed by atoms with E-state index < -0.39 is 5.54 Å².